The van der Waals surface area contributed by atoms with E-state index in [4.69, 9.17) is 19.4 Å². The van der Waals surface area contributed by atoms with Crippen molar-refractivity contribution < 1.29 is 19.1 Å². The molecule has 0 aromatic carbocycles. The second-order valence-electron chi connectivity index (χ2n) is 11.9. The van der Waals surface area contributed by atoms with Gasteiger partial charge in [-0.3, -0.25) is 4.79 Å². The van der Waals surface area contributed by atoms with Gasteiger partial charge >= 0.3 is 6.09 Å². The van der Waals surface area contributed by atoms with Gasteiger partial charge in [0.15, 0.2) is 5.65 Å². The molecule has 0 radical (unpaired) electrons. The molecule has 4 fully saturated rings. The van der Waals surface area contributed by atoms with Gasteiger partial charge in [0.25, 0.3) is 5.91 Å². The number of carbonyl (C=O) groups excluding carboxylic acids is 2. The Morgan fingerprint density at radius 2 is 1.80 bits per heavy atom. The number of aromatic nitrogens is 4. The Balaban J connectivity index is 1.13. The standard InChI is InChI=1S/C29H40N8O4/c1-4-5-25(38)35-11-8-23(17-35)41-29(39)36-21-6-7-22(36)15-20(14-21)32-28-34-27(31-19-9-12-40-13-10-19)33-26-24(18(2)3)16-30-37(26)28/h16,18-23H,6-15,17H2,1-3H3,(H2,31,32,33,34). The zero-order chi connectivity index (χ0) is 28.5. The van der Waals surface area contributed by atoms with E-state index < -0.39 is 0 Å². The Morgan fingerprint density at radius 3 is 2.51 bits per heavy atom. The summed E-state index contributed by atoms with van der Waals surface area (Å²) in [6, 6.07) is 0.624. The smallest absolute Gasteiger partial charge is 0.410 e. The predicted molar refractivity (Wildman–Crippen MR) is 153 cm³/mol. The molecular weight excluding hydrogens is 524 g/mol. The average molecular weight is 565 g/mol. The van der Waals surface area contributed by atoms with Crippen molar-refractivity contribution in [2.24, 2.45) is 0 Å². The van der Waals surface area contributed by atoms with Crippen LogP contribution in [0.5, 0.6) is 0 Å². The monoisotopic (exact) mass is 564 g/mol. The van der Waals surface area contributed by atoms with Gasteiger partial charge in [0.1, 0.15) is 6.10 Å². The number of hydrogen-bond acceptors (Lipinski definition) is 9. The first kappa shape index (κ1) is 27.6. The fourth-order valence-electron chi connectivity index (χ4n) is 6.66. The molecule has 0 aliphatic carbocycles. The molecule has 12 nitrogen and oxygen atoms in total. The molecule has 3 atom stereocenters. The predicted octanol–water partition coefficient (Wildman–Crippen LogP) is 3.01. The molecule has 12 heteroatoms. The van der Waals surface area contributed by atoms with E-state index in [2.05, 4.69) is 41.4 Å². The number of likely N-dealkylation sites (tertiary alicyclic amines) is 1. The van der Waals surface area contributed by atoms with E-state index in [0.29, 0.717) is 31.4 Å². The van der Waals surface area contributed by atoms with Crippen molar-refractivity contribution in [3.8, 4) is 11.8 Å². The Kier molecular flexibility index (Phi) is 7.88. The highest BCUT2D eigenvalue weighted by Crippen LogP contribution is 2.38. The third-order valence-corrected chi connectivity index (χ3v) is 8.78. The highest BCUT2D eigenvalue weighted by molar-refractivity contribution is 5.93. The van der Waals surface area contributed by atoms with Crippen LogP contribution in [0.1, 0.15) is 77.2 Å². The van der Waals surface area contributed by atoms with Crippen molar-refractivity contribution in [3.63, 3.8) is 0 Å². The Bertz CT molecular complexity index is 1330. The Labute approximate surface area is 240 Å². The lowest BCUT2D eigenvalue weighted by Gasteiger charge is -2.39. The lowest BCUT2D eigenvalue weighted by molar-refractivity contribution is -0.124. The van der Waals surface area contributed by atoms with Crippen LogP contribution in [0.15, 0.2) is 6.20 Å². The van der Waals surface area contributed by atoms with Crippen LogP contribution in [0.3, 0.4) is 0 Å². The second kappa shape index (κ2) is 11.7. The summed E-state index contributed by atoms with van der Waals surface area (Å²) in [5.74, 6) is 6.56. The van der Waals surface area contributed by atoms with Gasteiger partial charge in [-0.2, -0.15) is 19.6 Å². The minimum atomic E-state index is -0.286. The highest BCUT2D eigenvalue weighted by atomic mass is 16.6. The minimum absolute atomic E-state index is 0.102. The number of carbonyl (C=O) groups is 2. The maximum atomic E-state index is 13.3. The molecule has 2 aromatic heterocycles. The molecule has 220 valence electrons. The van der Waals surface area contributed by atoms with E-state index in [0.717, 1.165) is 62.9 Å². The average Bonchev–Trinajstić information content (AvgIpc) is 3.66. The molecule has 6 heterocycles. The summed E-state index contributed by atoms with van der Waals surface area (Å²) in [6.07, 6.45) is 7.34. The zero-order valence-corrected chi connectivity index (χ0v) is 24.1. The second-order valence-corrected chi connectivity index (χ2v) is 11.9. The van der Waals surface area contributed by atoms with Crippen LogP contribution in [-0.2, 0) is 14.3 Å². The Hall–Kier alpha value is -3.59. The molecule has 4 saturated heterocycles. The molecule has 0 spiro atoms. The minimum Gasteiger partial charge on any atom is -0.444 e. The van der Waals surface area contributed by atoms with Crippen LogP contribution in [0.25, 0.3) is 5.65 Å². The van der Waals surface area contributed by atoms with Crippen LogP contribution in [0, 0.1) is 11.8 Å². The molecule has 4 aliphatic rings. The van der Waals surface area contributed by atoms with Gasteiger partial charge in [-0.05, 0) is 57.3 Å². The maximum Gasteiger partial charge on any atom is 0.410 e. The molecule has 41 heavy (non-hydrogen) atoms. The van der Waals surface area contributed by atoms with Crippen molar-refractivity contribution in [2.45, 2.75) is 102 Å². The molecule has 2 bridgehead atoms. The first-order chi connectivity index (χ1) is 19.9. The number of nitrogens with one attached hydrogen (secondary N) is 2. The highest BCUT2D eigenvalue weighted by Gasteiger charge is 2.45. The van der Waals surface area contributed by atoms with Crippen molar-refractivity contribution in [2.75, 3.05) is 36.9 Å². The molecule has 2 amide bonds. The van der Waals surface area contributed by atoms with Gasteiger partial charge in [-0.15, -0.1) is 0 Å². The van der Waals surface area contributed by atoms with E-state index in [1.165, 1.54) is 0 Å². The Morgan fingerprint density at radius 1 is 1.05 bits per heavy atom. The van der Waals surface area contributed by atoms with Crippen molar-refractivity contribution in [1.29, 1.82) is 0 Å². The fraction of sp³-hybridized carbons (Fsp3) is 0.690. The number of hydrogen-bond donors (Lipinski definition) is 2. The molecule has 2 aromatic rings. The topological polar surface area (TPSA) is 126 Å². The van der Waals surface area contributed by atoms with Gasteiger partial charge in [0.2, 0.25) is 11.9 Å². The van der Waals surface area contributed by atoms with E-state index in [9.17, 15) is 9.59 Å². The van der Waals surface area contributed by atoms with Crippen LogP contribution in [0.2, 0.25) is 0 Å². The van der Waals surface area contributed by atoms with Gasteiger partial charge in [0, 0.05) is 55.9 Å². The number of amides is 2. The number of nitrogens with zero attached hydrogens (tertiary/aromatic N) is 6. The maximum absolute atomic E-state index is 13.3. The van der Waals surface area contributed by atoms with E-state index >= 15 is 0 Å². The summed E-state index contributed by atoms with van der Waals surface area (Å²) < 4.78 is 13.2. The van der Waals surface area contributed by atoms with Gasteiger partial charge < -0.3 is 29.9 Å². The normalized spacial score (nSPS) is 26.2. The van der Waals surface area contributed by atoms with E-state index in [1.54, 1.807) is 11.8 Å². The van der Waals surface area contributed by atoms with Gasteiger partial charge in [-0.1, -0.05) is 19.8 Å². The van der Waals surface area contributed by atoms with Gasteiger partial charge in [0.05, 0.1) is 12.7 Å². The molecule has 6 rings (SSSR count). The van der Waals surface area contributed by atoms with Crippen LogP contribution in [0.4, 0.5) is 16.7 Å². The summed E-state index contributed by atoms with van der Waals surface area (Å²) in [4.78, 5) is 38.7. The first-order valence-corrected chi connectivity index (χ1v) is 15.0. The molecule has 3 unspecified atom stereocenters. The fourth-order valence-corrected chi connectivity index (χ4v) is 6.66. The zero-order valence-electron chi connectivity index (χ0n) is 24.1. The van der Waals surface area contributed by atoms with Crippen molar-refractivity contribution in [3.05, 3.63) is 11.8 Å². The van der Waals surface area contributed by atoms with Gasteiger partial charge in [-0.25, -0.2) is 4.79 Å². The van der Waals surface area contributed by atoms with E-state index in [1.807, 2.05) is 15.6 Å². The molecule has 4 aliphatic heterocycles. The number of fused-ring (bicyclic) bond motifs is 3. The lowest BCUT2D eigenvalue weighted by atomic mass is 9.98. The van der Waals surface area contributed by atoms with Crippen molar-refractivity contribution in [1.82, 2.24) is 29.4 Å². The van der Waals surface area contributed by atoms with Crippen LogP contribution in [-0.4, -0.2) is 98.0 Å². The quantitative estimate of drug-likeness (QED) is 0.509. The largest absolute Gasteiger partial charge is 0.444 e. The summed E-state index contributed by atoms with van der Waals surface area (Å²) >= 11 is 0. The molecular formula is C29H40N8O4. The molecule has 0 saturated carbocycles. The SMILES string of the molecule is CC#CC(=O)N1CCC(OC(=O)N2C3CCC2CC(Nc2nc(NC4CCOCC4)nc4c(C(C)C)cnn24)C3)C1. The number of anilines is 2. The first-order valence-electron chi connectivity index (χ1n) is 15.0. The van der Waals surface area contributed by atoms with Crippen LogP contribution >= 0.6 is 0 Å². The lowest BCUT2D eigenvalue weighted by Crippen LogP contribution is -2.50. The third-order valence-electron chi connectivity index (χ3n) is 8.78. The molecule has 2 N–H and O–H groups in total. The van der Waals surface area contributed by atoms with Crippen LogP contribution < -0.4 is 10.6 Å². The number of ether oxygens (including phenoxy) is 2. The summed E-state index contributed by atoms with van der Waals surface area (Å²) in [6.45, 7) is 8.38. The third kappa shape index (κ3) is 5.77. The van der Waals surface area contributed by atoms with Crippen molar-refractivity contribution >= 4 is 29.5 Å². The number of rotatable bonds is 6. The summed E-state index contributed by atoms with van der Waals surface area (Å²) in [5, 5.41) is 11.8. The number of piperidine rings is 1. The van der Waals surface area contributed by atoms with E-state index in [-0.39, 0.29) is 48.2 Å². The summed E-state index contributed by atoms with van der Waals surface area (Å²) in [7, 11) is 0. The summed E-state index contributed by atoms with van der Waals surface area (Å²) in [5.41, 5.74) is 1.89.